The van der Waals surface area contributed by atoms with Crippen LogP contribution in [-0.4, -0.2) is 13.3 Å². The molecular formula is C16H14N2O. The summed E-state index contributed by atoms with van der Waals surface area (Å²) in [6.45, 7) is 1.94. The minimum absolute atomic E-state index is 0.586. The largest absolute Gasteiger partial charge is 0.343 e. The fourth-order valence-corrected chi connectivity index (χ4v) is 2.06. The lowest BCUT2D eigenvalue weighted by Crippen LogP contribution is -2.13. The highest BCUT2D eigenvalue weighted by atomic mass is 16.1. The average molecular weight is 250 g/mol. The second-order valence-corrected chi connectivity index (χ2v) is 4.37. The van der Waals surface area contributed by atoms with Gasteiger partial charge in [-0.1, -0.05) is 23.8 Å². The molecule has 0 aromatic heterocycles. The molecule has 0 heterocycles. The van der Waals surface area contributed by atoms with Crippen LogP contribution in [0.4, 0.5) is 11.4 Å². The third-order valence-electron chi connectivity index (χ3n) is 3.06. The molecule has 0 radical (unpaired) electrons. The van der Waals surface area contributed by atoms with Crippen LogP contribution < -0.4 is 4.90 Å². The molecule has 0 N–H and O–H groups in total. The van der Waals surface area contributed by atoms with Crippen LogP contribution >= 0.6 is 0 Å². The fourth-order valence-electron chi connectivity index (χ4n) is 2.06. The third kappa shape index (κ3) is 2.48. The van der Waals surface area contributed by atoms with Crippen molar-refractivity contribution >= 4 is 17.7 Å². The summed E-state index contributed by atoms with van der Waals surface area (Å²) in [5, 5.41) is 9.14. The normalized spacial score (nSPS) is 9.74. The van der Waals surface area contributed by atoms with Gasteiger partial charge in [0.15, 0.2) is 6.29 Å². The quantitative estimate of drug-likeness (QED) is 0.784. The summed E-state index contributed by atoms with van der Waals surface area (Å²) in [6.07, 6.45) is 0.841. The molecule has 2 aromatic carbocycles. The lowest BCUT2D eigenvalue weighted by atomic mass is 10.1. The van der Waals surface area contributed by atoms with E-state index >= 15 is 0 Å². The first kappa shape index (κ1) is 12.8. The molecule has 0 spiro atoms. The van der Waals surface area contributed by atoms with Gasteiger partial charge < -0.3 is 4.90 Å². The first-order chi connectivity index (χ1) is 9.17. The van der Waals surface area contributed by atoms with Crippen molar-refractivity contribution in [2.45, 2.75) is 6.92 Å². The molecule has 0 atom stereocenters. The zero-order chi connectivity index (χ0) is 13.8. The average Bonchev–Trinajstić information content (AvgIpc) is 2.46. The van der Waals surface area contributed by atoms with Crippen LogP contribution in [0.1, 0.15) is 21.5 Å². The van der Waals surface area contributed by atoms with Crippen molar-refractivity contribution < 1.29 is 4.79 Å². The Labute approximate surface area is 112 Å². The smallest absolute Gasteiger partial charge is 0.152 e. The van der Waals surface area contributed by atoms with Crippen molar-refractivity contribution in [1.82, 2.24) is 0 Å². The number of aldehydes is 1. The Bertz CT molecular complexity index is 656. The lowest BCUT2D eigenvalue weighted by molar-refractivity contribution is 0.112. The molecule has 0 saturated carbocycles. The van der Waals surface area contributed by atoms with Gasteiger partial charge in [-0.05, 0) is 31.2 Å². The highest BCUT2D eigenvalue weighted by Gasteiger charge is 2.12. The van der Waals surface area contributed by atoms with Gasteiger partial charge >= 0.3 is 0 Å². The summed E-state index contributed by atoms with van der Waals surface area (Å²) >= 11 is 0. The molecule has 19 heavy (non-hydrogen) atoms. The van der Waals surface area contributed by atoms with Gasteiger partial charge in [-0.3, -0.25) is 4.79 Å². The number of rotatable bonds is 3. The monoisotopic (exact) mass is 250 g/mol. The second kappa shape index (κ2) is 5.36. The molecule has 0 bridgehead atoms. The molecule has 0 saturated heterocycles. The summed E-state index contributed by atoms with van der Waals surface area (Å²) in [7, 11) is 1.86. The van der Waals surface area contributed by atoms with Gasteiger partial charge in [-0.15, -0.1) is 0 Å². The van der Waals surface area contributed by atoms with Crippen LogP contribution in [0.3, 0.4) is 0 Å². The Morgan fingerprint density at radius 3 is 2.58 bits per heavy atom. The first-order valence-electron chi connectivity index (χ1n) is 5.96. The SMILES string of the molecule is Cc1ccc(N(C)c2ccccc2C#N)c(C=O)c1. The number of anilines is 2. The second-order valence-electron chi connectivity index (χ2n) is 4.37. The maximum atomic E-state index is 11.2. The molecule has 0 aliphatic rings. The van der Waals surface area contributed by atoms with E-state index in [1.165, 1.54) is 0 Å². The zero-order valence-electron chi connectivity index (χ0n) is 10.9. The van der Waals surface area contributed by atoms with E-state index < -0.39 is 0 Å². The van der Waals surface area contributed by atoms with Crippen LogP contribution in [-0.2, 0) is 0 Å². The van der Waals surface area contributed by atoms with Gasteiger partial charge in [-0.25, -0.2) is 0 Å². The minimum atomic E-state index is 0.586. The summed E-state index contributed by atoms with van der Waals surface area (Å²) in [5.74, 6) is 0. The van der Waals surface area contributed by atoms with E-state index in [1.54, 1.807) is 6.07 Å². The number of carbonyl (C=O) groups excluding carboxylic acids is 1. The van der Waals surface area contributed by atoms with E-state index in [0.29, 0.717) is 11.1 Å². The van der Waals surface area contributed by atoms with Gasteiger partial charge in [0.05, 0.1) is 16.9 Å². The molecule has 2 rings (SSSR count). The number of aryl methyl sites for hydroxylation is 1. The summed E-state index contributed by atoms with van der Waals surface area (Å²) in [5.41, 5.74) is 3.82. The van der Waals surface area contributed by atoms with Gasteiger partial charge in [0.25, 0.3) is 0 Å². The van der Waals surface area contributed by atoms with Gasteiger partial charge in [0, 0.05) is 12.6 Å². The van der Waals surface area contributed by atoms with E-state index in [1.807, 2.05) is 55.3 Å². The van der Waals surface area contributed by atoms with Gasteiger partial charge in [-0.2, -0.15) is 5.26 Å². The van der Waals surface area contributed by atoms with Crippen LogP contribution in [0, 0.1) is 18.3 Å². The molecule has 3 nitrogen and oxygen atoms in total. The zero-order valence-corrected chi connectivity index (χ0v) is 10.9. The topological polar surface area (TPSA) is 44.1 Å². The summed E-state index contributed by atoms with van der Waals surface area (Å²) in [4.78, 5) is 13.0. The Morgan fingerprint density at radius 2 is 1.89 bits per heavy atom. The molecule has 3 heteroatoms. The number of para-hydroxylation sites is 1. The number of nitrogens with zero attached hydrogens (tertiary/aromatic N) is 2. The van der Waals surface area contributed by atoms with Crippen molar-refractivity contribution in [1.29, 1.82) is 5.26 Å². The van der Waals surface area contributed by atoms with Crippen molar-refractivity contribution in [3.8, 4) is 6.07 Å². The van der Waals surface area contributed by atoms with Gasteiger partial charge in [0.1, 0.15) is 6.07 Å². The molecule has 0 aliphatic heterocycles. The number of benzene rings is 2. The molecule has 94 valence electrons. The predicted octanol–water partition coefficient (Wildman–Crippen LogP) is 3.45. The predicted molar refractivity (Wildman–Crippen MR) is 75.8 cm³/mol. The Morgan fingerprint density at radius 1 is 1.16 bits per heavy atom. The highest BCUT2D eigenvalue weighted by molar-refractivity contribution is 5.87. The van der Waals surface area contributed by atoms with Crippen molar-refractivity contribution in [2.24, 2.45) is 0 Å². The molecule has 0 amide bonds. The van der Waals surface area contributed by atoms with Crippen LogP contribution in [0.5, 0.6) is 0 Å². The Hall–Kier alpha value is -2.60. The molecule has 0 aliphatic carbocycles. The lowest BCUT2D eigenvalue weighted by Gasteiger charge is -2.22. The maximum absolute atomic E-state index is 11.2. The molecule has 0 unspecified atom stereocenters. The number of hydrogen-bond donors (Lipinski definition) is 0. The highest BCUT2D eigenvalue weighted by Crippen LogP contribution is 2.29. The number of nitriles is 1. The van der Waals surface area contributed by atoms with Crippen LogP contribution in [0.2, 0.25) is 0 Å². The van der Waals surface area contributed by atoms with Crippen LogP contribution in [0.25, 0.3) is 0 Å². The maximum Gasteiger partial charge on any atom is 0.152 e. The third-order valence-corrected chi connectivity index (χ3v) is 3.06. The summed E-state index contributed by atoms with van der Waals surface area (Å²) in [6, 6.07) is 15.2. The van der Waals surface area contributed by atoms with Crippen molar-refractivity contribution in [2.75, 3.05) is 11.9 Å². The molecular weight excluding hydrogens is 236 g/mol. The Balaban J connectivity index is 2.53. The van der Waals surface area contributed by atoms with E-state index in [2.05, 4.69) is 6.07 Å². The standard InChI is InChI=1S/C16H14N2O/c1-12-7-8-16(14(9-12)11-19)18(2)15-6-4-3-5-13(15)10-17/h3-9,11H,1-2H3. The van der Waals surface area contributed by atoms with E-state index in [0.717, 1.165) is 23.2 Å². The van der Waals surface area contributed by atoms with E-state index in [4.69, 9.17) is 5.26 Å². The van der Waals surface area contributed by atoms with E-state index in [9.17, 15) is 4.79 Å². The molecule has 2 aromatic rings. The summed E-state index contributed by atoms with van der Waals surface area (Å²) < 4.78 is 0. The minimum Gasteiger partial charge on any atom is -0.343 e. The number of carbonyl (C=O) groups is 1. The van der Waals surface area contributed by atoms with Crippen molar-refractivity contribution in [3.63, 3.8) is 0 Å². The Kier molecular flexibility index (Phi) is 3.63. The number of hydrogen-bond acceptors (Lipinski definition) is 3. The van der Waals surface area contributed by atoms with Crippen molar-refractivity contribution in [3.05, 3.63) is 59.2 Å². The van der Waals surface area contributed by atoms with Crippen LogP contribution in [0.15, 0.2) is 42.5 Å². The fraction of sp³-hybridized carbons (Fsp3) is 0.125. The first-order valence-corrected chi connectivity index (χ1v) is 5.96. The van der Waals surface area contributed by atoms with Gasteiger partial charge in [0.2, 0.25) is 0 Å². The molecule has 0 fully saturated rings. The van der Waals surface area contributed by atoms with E-state index in [-0.39, 0.29) is 0 Å².